The van der Waals surface area contributed by atoms with Crippen molar-refractivity contribution in [1.82, 2.24) is 4.90 Å². The second kappa shape index (κ2) is 7.93. The van der Waals surface area contributed by atoms with Crippen LogP contribution in [0.15, 0.2) is 52.8 Å². The van der Waals surface area contributed by atoms with E-state index in [1.807, 2.05) is 4.90 Å². The molecule has 158 valence electrons. The summed E-state index contributed by atoms with van der Waals surface area (Å²) in [6.45, 7) is 5.07. The first kappa shape index (κ1) is 20.0. The molecule has 2 aromatic rings. The molecule has 4 nitrogen and oxygen atoms in total. The molecule has 1 spiro atoms. The maximum atomic E-state index is 13.7. The van der Waals surface area contributed by atoms with Crippen LogP contribution in [0.3, 0.4) is 0 Å². The monoisotopic (exact) mass is 422 g/mol. The van der Waals surface area contributed by atoms with Gasteiger partial charge in [0.2, 0.25) is 5.91 Å². The molecule has 1 saturated heterocycles. The van der Waals surface area contributed by atoms with Gasteiger partial charge in [0.05, 0.1) is 12.3 Å². The van der Waals surface area contributed by atoms with E-state index in [1.165, 1.54) is 10.4 Å². The van der Waals surface area contributed by atoms with Gasteiger partial charge in [-0.15, -0.1) is 11.3 Å². The van der Waals surface area contributed by atoms with Crippen molar-refractivity contribution in [3.8, 4) is 0 Å². The quantitative estimate of drug-likeness (QED) is 0.608. The van der Waals surface area contributed by atoms with Crippen LogP contribution >= 0.6 is 11.3 Å². The first-order chi connectivity index (χ1) is 14.6. The van der Waals surface area contributed by atoms with Gasteiger partial charge in [-0.2, -0.15) is 0 Å². The Labute approximate surface area is 183 Å². The van der Waals surface area contributed by atoms with Crippen LogP contribution in [0.2, 0.25) is 0 Å². The lowest BCUT2D eigenvalue weighted by Crippen LogP contribution is -2.52. The second-order valence-electron chi connectivity index (χ2n) is 8.97. The number of thiophene rings is 1. The zero-order valence-electron chi connectivity index (χ0n) is 17.8. The minimum absolute atomic E-state index is 0.0206. The molecule has 0 radical (unpaired) electrons. The number of ether oxygens (including phenoxy) is 1. The van der Waals surface area contributed by atoms with E-state index in [-0.39, 0.29) is 24.0 Å². The zero-order valence-corrected chi connectivity index (χ0v) is 18.6. The summed E-state index contributed by atoms with van der Waals surface area (Å²) in [6.07, 6.45) is 4.64. The average molecular weight is 423 g/mol. The Morgan fingerprint density at radius 1 is 1.20 bits per heavy atom. The molecule has 1 saturated carbocycles. The van der Waals surface area contributed by atoms with Crippen LogP contribution in [-0.4, -0.2) is 28.5 Å². The molecular formula is C25H30N2O2S. The Bertz CT molecular complexity index is 926. The second-order valence-corrected chi connectivity index (χ2v) is 10.0. The molecule has 5 atom stereocenters. The van der Waals surface area contributed by atoms with Gasteiger partial charge in [0.1, 0.15) is 0 Å². The molecule has 5 heteroatoms. The Balaban J connectivity index is 1.54. The van der Waals surface area contributed by atoms with Crippen molar-refractivity contribution in [1.29, 1.82) is 0 Å². The third-order valence-electron chi connectivity index (χ3n) is 7.21. The highest BCUT2D eigenvalue weighted by atomic mass is 32.1. The Morgan fingerprint density at radius 2 is 2.03 bits per heavy atom. The number of hydrogen-bond acceptors (Lipinski definition) is 4. The van der Waals surface area contributed by atoms with Gasteiger partial charge < -0.3 is 9.64 Å². The molecule has 30 heavy (non-hydrogen) atoms. The predicted octanol–water partition coefficient (Wildman–Crippen LogP) is 5.60. The standard InChI is InChI=1S/C25H30N2O2S/c1-3-4-12-23-26-22-14-20(18-9-6-5-7-10-18)17(2)21-15-25(22,29-23)27(24(21)28)16-19-11-8-13-30-19/h5-11,13,17,20-21,23H,3-4,12,14-16H2,1-2H3/t17-,20+,21+,23-,25+/m1/s1. The van der Waals surface area contributed by atoms with Crippen molar-refractivity contribution in [2.75, 3.05) is 0 Å². The lowest BCUT2D eigenvalue weighted by Gasteiger charge is -2.37. The van der Waals surface area contributed by atoms with E-state index >= 15 is 0 Å². The van der Waals surface area contributed by atoms with Crippen molar-refractivity contribution >= 4 is 23.0 Å². The molecule has 3 aliphatic rings. The molecule has 2 aliphatic heterocycles. The molecule has 0 N–H and O–H groups in total. The van der Waals surface area contributed by atoms with E-state index in [1.54, 1.807) is 11.3 Å². The summed E-state index contributed by atoms with van der Waals surface area (Å²) in [4.78, 5) is 22.0. The van der Waals surface area contributed by atoms with Crippen molar-refractivity contribution in [2.45, 2.75) is 70.4 Å². The summed E-state index contributed by atoms with van der Waals surface area (Å²) < 4.78 is 6.70. The van der Waals surface area contributed by atoms with E-state index in [9.17, 15) is 4.79 Å². The van der Waals surface area contributed by atoms with Crippen LogP contribution in [0.4, 0.5) is 0 Å². The van der Waals surface area contributed by atoms with E-state index in [0.717, 1.165) is 37.8 Å². The number of carbonyl (C=O) groups is 1. The highest BCUT2D eigenvalue weighted by Crippen LogP contribution is 2.53. The number of likely N-dealkylation sites (tertiary alicyclic amines) is 1. The molecule has 2 fully saturated rings. The van der Waals surface area contributed by atoms with Crippen LogP contribution in [0.1, 0.15) is 62.3 Å². The van der Waals surface area contributed by atoms with Crippen LogP contribution in [0.25, 0.3) is 0 Å². The van der Waals surface area contributed by atoms with Crippen molar-refractivity contribution in [3.05, 3.63) is 58.3 Å². The molecule has 1 aromatic heterocycles. The molecule has 0 unspecified atom stereocenters. The number of fused-ring (bicyclic) bond motifs is 1. The largest absolute Gasteiger partial charge is 0.325 e. The lowest BCUT2D eigenvalue weighted by molar-refractivity contribution is -0.150. The third-order valence-corrected chi connectivity index (χ3v) is 8.07. The first-order valence-corrected chi connectivity index (χ1v) is 12.1. The highest BCUT2D eigenvalue weighted by Gasteiger charge is 2.62. The average Bonchev–Trinajstić information content (AvgIpc) is 3.44. The van der Waals surface area contributed by atoms with Crippen molar-refractivity contribution in [3.63, 3.8) is 0 Å². The summed E-state index contributed by atoms with van der Waals surface area (Å²) in [7, 11) is 0. The normalized spacial score (nSPS) is 32.8. The number of amides is 1. The van der Waals surface area contributed by atoms with E-state index < -0.39 is 5.72 Å². The number of aliphatic imine (C=N–C) groups is 1. The topological polar surface area (TPSA) is 41.9 Å². The van der Waals surface area contributed by atoms with Gasteiger partial charge in [-0.3, -0.25) is 9.79 Å². The van der Waals surface area contributed by atoms with Crippen LogP contribution in [0, 0.1) is 11.8 Å². The highest BCUT2D eigenvalue weighted by molar-refractivity contribution is 7.09. The fourth-order valence-corrected chi connectivity index (χ4v) is 6.23. The smallest absolute Gasteiger partial charge is 0.229 e. The minimum Gasteiger partial charge on any atom is -0.325 e. The number of benzene rings is 1. The molecule has 1 aromatic carbocycles. The number of hydrogen-bond donors (Lipinski definition) is 0. The van der Waals surface area contributed by atoms with Crippen LogP contribution < -0.4 is 0 Å². The van der Waals surface area contributed by atoms with Crippen molar-refractivity contribution in [2.24, 2.45) is 16.8 Å². The molecule has 2 bridgehead atoms. The van der Waals surface area contributed by atoms with Gasteiger partial charge in [0.15, 0.2) is 12.0 Å². The molecule has 5 rings (SSSR count). The Hall–Kier alpha value is -1.98. The summed E-state index contributed by atoms with van der Waals surface area (Å²) in [6, 6.07) is 14.8. The summed E-state index contributed by atoms with van der Waals surface area (Å²) in [5, 5.41) is 2.08. The minimum atomic E-state index is -0.651. The number of carbonyl (C=O) groups excluding carboxylic acids is 1. The van der Waals surface area contributed by atoms with Gasteiger partial charge in [-0.25, -0.2) is 0 Å². The third kappa shape index (κ3) is 3.23. The van der Waals surface area contributed by atoms with Gasteiger partial charge >= 0.3 is 0 Å². The SMILES string of the molecule is CCCC[C@@H]1N=C2C[C@H](c3ccccc3)[C@@H](C)[C@@H]3C[C@@]2(O1)N(Cc1cccs1)C3=O. The van der Waals surface area contributed by atoms with E-state index in [2.05, 4.69) is 61.7 Å². The molecule has 1 amide bonds. The number of unbranched alkanes of at least 4 members (excludes halogenated alkanes) is 1. The number of nitrogens with zero attached hydrogens (tertiary/aromatic N) is 2. The fraction of sp³-hybridized carbons (Fsp3) is 0.520. The van der Waals surface area contributed by atoms with Gasteiger partial charge in [-0.05, 0) is 48.1 Å². The maximum Gasteiger partial charge on any atom is 0.229 e. The molecule has 3 heterocycles. The Kier molecular flexibility index (Phi) is 5.28. The van der Waals surface area contributed by atoms with Gasteiger partial charge in [-0.1, -0.05) is 56.7 Å². The van der Waals surface area contributed by atoms with Gasteiger partial charge in [0, 0.05) is 17.2 Å². The lowest BCUT2D eigenvalue weighted by atomic mass is 9.78. The predicted molar refractivity (Wildman–Crippen MR) is 121 cm³/mol. The fourth-order valence-electron chi connectivity index (χ4n) is 5.54. The zero-order chi connectivity index (χ0) is 20.7. The summed E-state index contributed by atoms with van der Waals surface area (Å²) >= 11 is 1.71. The van der Waals surface area contributed by atoms with E-state index in [0.29, 0.717) is 12.5 Å². The summed E-state index contributed by atoms with van der Waals surface area (Å²) in [5.41, 5.74) is 1.75. The van der Waals surface area contributed by atoms with Gasteiger partial charge in [0.25, 0.3) is 0 Å². The number of rotatable bonds is 6. The van der Waals surface area contributed by atoms with Crippen molar-refractivity contribution < 1.29 is 9.53 Å². The Morgan fingerprint density at radius 3 is 2.77 bits per heavy atom. The maximum absolute atomic E-state index is 13.7. The van der Waals surface area contributed by atoms with E-state index in [4.69, 9.17) is 9.73 Å². The first-order valence-electron chi connectivity index (χ1n) is 11.3. The molecular weight excluding hydrogens is 392 g/mol. The summed E-state index contributed by atoms with van der Waals surface area (Å²) in [5.74, 6) is 0.780. The van der Waals surface area contributed by atoms with Crippen LogP contribution in [0.5, 0.6) is 0 Å². The molecule has 1 aliphatic carbocycles. The van der Waals surface area contributed by atoms with Crippen LogP contribution in [-0.2, 0) is 16.1 Å².